The largest absolute Gasteiger partial charge is 0.351 e. The number of anilines is 1. The van der Waals surface area contributed by atoms with Gasteiger partial charge in [0.15, 0.2) is 11.2 Å². The average Bonchev–Trinajstić information content (AvgIpc) is 3.15. The van der Waals surface area contributed by atoms with E-state index in [0.29, 0.717) is 10.6 Å². The minimum Gasteiger partial charge on any atom is -0.351 e. The number of nitriles is 2. The Labute approximate surface area is 195 Å². The Morgan fingerprint density at radius 2 is 1.70 bits per heavy atom. The van der Waals surface area contributed by atoms with Crippen molar-refractivity contribution in [1.29, 1.82) is 10.5 Å². The minimum atomic E-state index is -1.52. The highest BCUT2D eigenvalue weighted by Gasteiger charge is 2.63. The molecule has 0 saturated carbocycles. The molecule has 2 aliphatic heterocycles. The molecular weight excluding hydrogens is 437 g/mol. The van der Waals surface area contributed by atoms with E-state index in [1.807, 2.05) is 47.4 Å². The van der Waals surface area contributed by atoms with Crippen LogP contribution < -0.4 is 4.90 Å². The summed E-state index contributed by atoms with van der Waals surface area (Å²) in [4.78, 5) is 15.8. The predicted molar refractivity (Wildman–Crippen MR) is 124 cm³/mol. The lowest BCUT2D eigenvalue weighted by Crippen LogP contribution is -2.44. The van der Waals surface area contributed by atoms with Gasteiger partial charge < -0.3 is 4.90 Å². The van der Waals surface area contributed by atoms with E-state index in [2.05, 4.69) is 12.1 Å². The van der Waals surface area contributed by atoms with E-state index in [9.17, 15) is 19.7 Å². The fraction of sp³-hybridized carbons (Fsp3) is 0.148. The second kappa shape index (κ2) is 7.89. The molecule has 0 amide bonds. The van der Waals surface area contributed by atoms with Gasteiger partial charge in [-0.3, -0.25) is 4.79 Å². The Hall–Kier alpha value is -3.93. The molecule has 0 spiro atoms. The molecule has 0 unspecified atom stereocenters. The van der Waals surface area contributed by atoms with Crippen molar-refractivity contribution in [3.63, 3.8) is 0 Å². The Bertz CT molecular complexity index is 1340. The van der Waals surface area contributed by atoms with Crippen molar-refractivity contribution in [2.24, 2.45) is 5.41 Å². The summed E-state index contributed by atoms with van der Waals surface area (Å²) in [7, 11) is 0. The Kier molecular flexibility index (Phi) is 5.01. The lowest BCUT2D eigenvalue weighted by molar-refractivity contribution is 0.0951. The molecule has 5 rings (SSSR count). The minimum absolute atomic E-state index is 0.280. The summed E-state index contributed by atoms with van der Waals surface area (Å²) in [5.41, 5.74) is 1.04. The lowest BCUT2D eigenvalue weighted by atomic mass is 9.69. The van der Waals surface area contributed by atoms with Gasteiger partial charge >= 0.3 is 0 Å². The average molecular weight is 454 g/mol. The standard InChI is InChI=1S/C27H17ClFN3O/c28-20-9-12-22-19(14-20)8-13-23-27(15-30,16-31)24(17-4-2-1-3-5-17)25(32(22)23)26(33)18-6-10-21(29)11-7-18/h1-14,23-25H/t23-,24+,25-/m0/s1. The molecular formula is C27H17ClFN3O. The van der Waals surface area contributed by atoms with Gasteiger partial charge in [0.2, 0.25) is 0 Å². The monoisotopic (exact) mass is 453 g/mol. The van der Waals surface area contributed by atoms with Crippen molar-refractivity contribution in [2.75, 3.05) is 4.90 Å². The number of carbonyl (C=O) groups excluding carboxylic acids is 1. The van der Waals surface area contributed by atoms with Crippen LogP contribution in [0.1, 0.15) is 27.4 Å². The van der Waals surface area contributed by atoms with E-state index >= 15 is 0 Å². The number of ketones is 1. The maximum atomic E-state index is 14.0. The summed E-state index contributed by atoms with van der Waals surface area (Å²) in [6.45, 7) is 0. The summed E-state index contributed by atoms with van der Waals surface area (Å²) in [5.74, 6) is -1.46. The van der Waals surface area contributed by atoms with Crippen LogP contribution in [0.4, 0.5) is 10.1 Å². The molecule has 33 heavy (non-hydrogen) atoms. The molecule has 0 N–H and O–H groups in total. The second-order valence-corrected chi connectivity index (χ2v) is 8.65. The number of carbonyl (C=O) groups is 1. The third-order valence-electron chi connectivity index (χ3n) is 6.52. The Balaban J connectivity index is 1.78. The number of halogens is 2. The number of hydrogen-bond acceptors (Lipinski definition) is 4. The van der Waals surface area contributed by atoms with E-state index in [1.165, 1.54) is 24.3 Å². The normalized spacial score (nSPS) is 22.1. The molecule has 1 saturated heterocycles. The first-order chi connectivity index (χ1) is 16.0. The molecule has 3 atom stereocenters. The molecule has 3 aromatic carbocycles. The van der Waals surface area contributed by atoms with Gasteiger partial charge in [0.05, 0.1) is 18.2 Å². The third-order valence-corrected chi connectivity index (χ3v) is 6.76. The van der Waals surface area contributed by atoms with Crippen molar-refractivity contribution >= 4 is 29.1 Å². The molecule has 2 aliphatic rings. The maximum absolute atomic E-state index is 14.0. The zero-order chi connectivity index (χ0) is 23.2. The maximum Gasteiger partial charge on any atom is 0.185 e. The van der Waals surface area contributed by atoms with Gasteiger partial charge in [-0.25, -0.2) is 4.39 Å². The number of nitrogens with zero attached hydrogens (tertiary/aromatic N) is 3. The molecule has 0 aromatic heterocycles. The van der Waals surface area contributed by atoms with Gasteiger partial charge in [-0.15, -0.1) is 0 Å². The number of rotatable bonds is 3. The lowest BCUT2D eigenvalue weighted by Gasteiger charge is -2.35. The van der Waals surface area contributed by atoms with Gasteiger partial charge in [0.1, 0.15) is 11.9 Å². The fourth-order valence-electron chi connectivity index (χ4n) is 5.08. The fourth-order valence-corrected chi connectivity index (χ4v) is 5.26. The summed E-state index contributed by atoms with van der Waals surface area (Å²) in [5, 5.41) is 21.3. The highest BCUT2D eigenvalue weighted by atomic mass is 35.5. The van der Waals surface area contributed by atoms with Gasteiger partial charge in [-0.1, -0.05) is 54.1 Å². The SMILES string of the molecule is N#CC1(C#N)[C@H](c2ccccc2)[C@@H](C(=O)c2ccc(F)cc2)N2c3ccc(Cl)cc3C=C[C@H]21. The molecule has 3 aromatic rings. The molecule has 0 radical (unpaired) electrons. The van der Waals surface area contributed by atoms with Crippen LogP contribution in [0.3, 0.4) is 0 Å². The number of benzene rings is 3. The van der Waals surface area contributed by atoms with E-state index in [0.717, 1.165) is 16.8 Å². The summed E-state index contributed by atoms with van der Waals surface area (Å²) in [6, 6.07) is 22.9. The van der Waals surface area contributed by atoms with Crippen LogP contribution in [0.5, 0.6) is 0 Å². The summed E-state index contributed by atoms with van der Waals surface area (Å²) in [6.07, 6.45) is 3.65. The van der Waals surface area contributed by atoms with Crippen molar-refractivity contribution in [3.05, 3.63) is 106 Å². The predicted octanol–water partition coefficient (Wildman–Crippen LogP) is 5.76. The number of fused-ring (bicyclic) bond motifs is 3. The third kappa shape index (κ3) is 3.13. The van der Waals surface area contributed by atoms with Gasteiger partial charge in [-0.2, -0.15) is 10.5 Å². The van der Waals surface area contributed by atoms with E-state index in [1.54, 1.807) is 18.2 Å². The summed E-state index contributed by atoms with van der Waals surface area (Å²) >= 11 is 6.20. The van der Waals surface area contributed by atoms with Crippen LogP contribution >= 0.6 is 11.6 Å². The van der Waals surface area contributed by atoms with Crippen LogP contribution in [0.2, 0.25) is 5.02 Å². The highest BCUT2D eigenvalue weighted by Crippen LogP contribution is 2.55. The molecule has 2 heterocycles. The Morgan fingerprint density at radius 1 is 1.00 bits per heavy atom. The first kappa shape index (κ1) is 20.9. The molecule has 0 bridgehead atoms. The van der Waals surface area contributed by atoms with E-state index in [4.69, 9.17) is 11.6 Å². The van der Waals surface area contributed by atoms with Crippen molar-refractivity contribution < 1.29 is 9.18 Å². The zero-order valence-corrected chi connectivity index (χ0v) is 18.1. The quantitative estimate of drug-likeness (QED) is 0.472. The molecule has 6 heteroatoms. The topological polar surface area (TPSA) is 67.9 Å². The second-order valence-electron chi connectivity index (χ2n) is 8.21. The van der Waals surface area contributed by atoms with Crippen LogP contribution in [-0.4, -0.2) is 17.9 Å². The first-order valence-corrected chi connectivity index (χ1v) is 10.8. The number of hydrogen-bond donors (Lipinski definition) is 0. The first-order valence-electron chi connectivity index (χ1n) is 10.4. The van der Waals surface area contributed by atoms with Gasteiger partial charge in [-0.05, 0) is 53.6 Å². The molecule has 160 valence electrons. The zero-order valence-electron chi connectivity index (χ0n) is 17.3. The van der Waals surface area contributed by atoms with Crippen LogP contribution in [0, 0.1) is 33.9 Å². The van der Waals surface area contributed by atoms with E-state index in [-0.39, 0.29) is 5.78 Å². The molecule has 4 nitrogen and oxygen atoms in total. The van der Waals surface area contributed by atoms with Gasteiger partial charge in [0, 0.05) is 22.2 Å². The van der Waals surface area contributed by atoms with Crippen molar-refractivity contribution in [3.8, 4) is 12.1 Å². The molecule has 0 aliphatic carbocycles. The summed E-state index contributed by atoms with van der Waals surface area (Å²) < 4.78 is 13.6. The molecule has 1 fully saturated rings. The highest BCUT2D eigenvalue weighted by molar-refractivity contribution is 6.30. The van der Waals surface area contributed by atoms with Crippen LogP contribution in [0.15, 0.2) is 78.9 Å². The van der Waals surface area contributed by atoms with Crippen LogP contribution in [0.25, 0.3) is 6.08 Å². The van der Waals surface area contributed by atoms with Crippen LogP contribution in [-0.2, 0) is 0 Å². The smallest absolute Gasteiger partial charge is 0.185 e. The van der Waals surface area contributed by atoms with Gasteiger partial charge in [0.25, 0.3) is 0 Å². The number of Topliss-reactive ketones (excluding diaryl/α,β-unsaturated/α-hetero) is 1. The van der Waals surface area contributed by atoms with Crippen molar-refractivity contribution in [1.82, 2.24) is 0 Å². The Morgan fingerprint density at radius 3 is 2.36 bits per heavy atom. The van der Waals surface area contributed by atoms with Crippen molar-refractivity contribution in [2.45, 2.75) is 18.0 Å². The van der Waals surface area contributed by atoms with E-state index < -0.39 is 29.2 Å².